The lowest BCUT2D eigenvalue weighted by Crippen LogP contribution is -2.22. The summed E-state index contributed by atoms with van der Waals surface area (Å²) in [5.41, 5.74) is 0. The first-order chi connectivity index (χ1) is 5.83. The monoisotopic (exact) mass is 169 g/mol. The van der Waals surface area contributed by atoms with Gasteiger partial charge >= 0.3 is 0 Å². The van der Waals surface area contributed by atoms with Gasteiger partial charge in [0.1, 0.15) is 0 Å². The second-order valence-corrected chi connectivity index (χ2v) is 3.64. The van der Waals surface area contributed by atoms with Crippen molar-refractivity contribution in [2.75, 3.05) is 6.54 Å². The van der Waals surface area contributed by atoms with E-state index in [1.807, 2.05) is 6.92 Å². The third-order valence-electron chi connectivity index (χ3n) is 2.63. The first kappa shape index (κ1) is 9.56. The molecule has 12 heavy (non-hydrogen) atoms. The van der Waals surface area contributed by atoms with Crippen LogP contribution < -0.4 is 5.32 Å². The molecule has 0 saturated heterocycles. The van der Waals surface area contributed by atoms with Crippen molar-refractivity contribution in [2.24, 2.45) is 5.92 Å². The van der Waals surface area contributed by atoms with Crippen LogP contribution in [-0.2, 0) is 4.79 Å². The maximum Gasteiger partial charge on any atom is 0.219 e. The topological polar surface area (TPSA) is 29.1 Å². The van der Waals surface area contributed by atoms with Gasteiger partial charge in [-0.3, -0.25) is 4.79 Å². The molecule has 0 heterocycles. The molecular formula is C10H19NO. The highest BCUT2D eigenvalue weighted by molar-refractivity contribution is 5.75. The van der Waals surface area contributed by atoms with Crippen LogP contribution in [-0.4, -0.2) is 12.5 Å². The SMILES string of the molecule is CCNC(=O)CCC1CCCC1. The fraction of sp³-hybridized carbons (Fsp3) is 0.900. The Labute approximate surface area is 74.7 Å². The van der Waals surface area contributed by atoms with Gasteiger partial charge in [0.25, 0.3) is 0 Å². The summed E-state index contributed by atoms with van der Waals surface area (Å²) in [5.74, 6) is 1.07. The highest BCUT2D eigenvalue weighted by Gasteiger charge is 2.15. The van der Waals surface area contributed by atoms with Crippen LogP contribution in [0.1, 0.15) is 45.4 Å². The van der Waals surface area contributed by atoms with Gasteiger partial charge in [0.05, 0.1) is 0 Å². The molecule has 1 saturated carbocycles. The molecule has 0 aromatic rings. The molecule has 1 N–H and O–H groups in total. The first-order valence-electron chi connectivity index (χ1n) is 5.09. The third kappa shape index (κ3) is 3.24. The van der Waals surface area contributed by atoms with Crippen molar-refractivity contribution >= 4 is 5.91 Å². The highest BCUT2D eigenvalue weighted by Crippen LogP contribution is 2.28. The summed E-state index contributed by atoms with van der Waals surface area (Å²) in [6, 6.07) is 0. The molecule has 1 rings (SSSR count). The Balaban J connectivity index is 2.03. The van der Waals surface area contributed by atoms with Gasteiger partial charge in [-0.2, -0.15) is 0 Å². The Kier molecular flexibility index (Phi) is 4.12. The molecule has 1 amide bonds. The fourth-order valence-electron chi connectivity index (χ4n) is 1.92. The summed E-state index contributed by atoms with van der Waals surface area (Å²) in [7, 11) is 0. The average molecular weight is 169 g/mol. The zero-order valence-corrected chi connectivity index (χ0v) is 7.94. The molecule has 1 aliphatic carbocycles. The smallest absolute Gasteiger partial charge is 0.219 e. The molecule has 0 atom stereocenters. The van der Waals surface area contributed by atoms with Crippen LogP contribution in [0.3, 0.4) is 0 Å². The quantitative estimate of drug-likeness (QED) is 0.686. The van der Waals surface area contributed by atoms with Crippen LogP contribution in [0, 0.1) is 5.92 Å². The minimum atomic E-state index is 0.226. The summed E-state index contributed by atoms with van der Waals surface area (Å²) in [6.07, 6.45) is 7.28. The molecule has 0 aliphatic heterocycles. The molecule has 2 nitrogen and oxygen atoms in total. The van der Waals surface area contributed by atoms with Crippen molar-refractivity contribution in [3.63, 3.8) is 0 Å². The Morgan fingerprint density at radius 2 is 2.08 bits per heavy atom. The molecule has 0 radical (unpaired) electrons. The number of carbonyl (C=O) groups excluding carboxylic acids is 1. The summed E-state index contributed by atoms with van der Waals surface area (Å²) >= 11 is 0. The lowest BCUT2D eigenvalue weighted by Gasteiger charge is -2.07. The number of nitrogens with one attached hydrogen (secondary N) is 1. The second kappa shape index (κ2) is 5.18. The van der Waals surface area contributed by atoms with Gasteiger partial charge in [0.15, 0.2) is 0 Å². The van der Waals surface area contributed by atoms with Crippen LogP contribution in [0.25, 0.3) is 0 Å². The van der Waals surface area contributed by atoms with E-state index in [1.165, 1.54) is 25.7 Å². The molecular weight excluding hydrogens is 150 g/mol. The lowest BCUT2D eigenvalue weighted by molar-refractivity contribution is -0.121. The summed E-state index contributed by atoms with van der Waals surface area (Å²) in [4.78, 5) is 11.1. The van der Waals surface area contributed by atoms with Crippen LogP contribution >= 0.6 is 0 Å². The van der Waals surface area contributed by atoms with E-state index < -0.39 is 0 Å². The predicted molar refractivity (Wildman–Crippen MR) is 49.9 cm³/mol. The molecule has 0 spiro atoms. The van der Waals surface area contributed by atoms with E-state index in [-0.39, 0.29) is 5.91 Å². The van der Waals surface area contributed by atoms with Crippen LogP contribution in [0.5, 0.6) is 0 Å². The van der Waals surface area contributed by atoms with Crippen molar-refractivity contribution in [1.29, 1.82) is 0 Å². The van der Waals surface area contributed by atoms with Crippen molar-refractivity contribution < 1.29 is 4.79 Å². The van der Waals surface area contributed by atoms with E-state index in [0.29, 0.717) is 0 Å². The molecule has 0 aromatic heterocycles. The van der Waals surface area contributed by atoms with Gasteiger partial charge in [-0.1, -0.05) is 25.7 Å². The second-order valence-electron chi connectivity index (χ2n) is 3.64. The molecule has 0 bridgehead atoms. The summed E-state index contributed by atoms with van der Waals surface area (Å²) in [6.45, 7) is 2.73. The lowest BCUT2D eigenvalue weighted by atomic mass is 10.0. The number of hydrogen-bond acceptors (Lipinski definition) is 1. The molecule has 1 fully saturated rings. The zero-order chi connectivity index (χ0) is 8.81. The number of hydrogen-bond donors (Lipinski definition) is 1. The molecule has 0 unspecified atom stereocenters. The number of amides is 1. The Morgan fingerprint density at radius 1 is 1.42 bits per heavy atom. The standard InChI is InChI=1S/C10H19NO/c1-2-11-10(12)8-7-9-5-3-4-6-9/h9H,2-8H2,1H3,(H,11,12). The van der Waals surface area contributed by atoms with Gasteiger partial charge in [-0.25, -0.2) is 0 Å². The van der Waals surface area contributed by atoms with Crippen molar-refractivity contribution in [3.05, 3.63) is 0 Å². The van der Waals surface area contributed by atoms with E-state index in [4.69, 9.17) is 0 Å². The van der Waals surface area contributed by atoms with E-state index in [2.05, 4.69) is 5.32 Å². The maximum absolute atomic E-state index is 11.1. The highest BCUT2D eigenvalue weighted by atomic mass is 16.1. The normalized spacial score (nSPS) is 18.1. The predicted octanol–water partition coefficient (Wildman–Crippen LogP) is 2.09. The van der Waals surface area contributed by atoms with Gasteiger partial charge in [-0.05, 0) is 19.3 Å². The Bertz CT molecular complexity index is 139. The van der Waals surface area contributed by atoms with Gasteiger partial charge in [0, 0.05) is 13.0 Å². The average Bonchev–Trinajstić information content (AvgIpc) is 2.53. The minimum absolute atomic E-state index is 0.226. The largest absolute Gasteiger partial charge is 0.356 e. The third-order valence-corrected chi connectivity index (χ3v) is 2.63. The number of carbonyl (C=O) groups is 1. The minimum Gasteiger partial charge on any atom is -0.356 e. The van der Waals surface area contributed by atoms with Gasteiger partial charge in [-0.15, -0.1) is 0 Å². The zero-order valence-electron chi connectivity index (χ0n) is 7.94. The van der Waals surface area contributed by atoms with Crippen LogP contribution in [0.2, 0.25) is 0 Å². The molecule has 0 aromatic carbocycles. The maximum atomic E-state index is 11.1. The Morgan fingerprint density at radius 3 is 2.67 bits per heavy atom. The fourth-order valence-corrected chi connectivity index (χ4v) is 1.92. The molecule has 1 aliphatic rings. The van der Waals surface area contributed by atoms with Crippen molar-refractivity contribution in [2.45, 2.75) is 45.4 Å². The molecule has 70 valence electrons. The van der Waals surface area contributed by atoms with Crippen molar-refractivity contribution in [1.82, 2.24) is 5.32 Å². The summed E-state index contributed by atoms with van der Waals surface area (Å²) < 4.78 is 0. The first-order valence-corrected chi connectivity index (χ1v) is 5.09. The van der Waals surface area contributed by atoms with Crippen LogP contribution in [0.15, 0.2) is 0 Å². The van der Waals surface area contributed by atoms with Gasteiger partial charge in [0.2, 0.25) is 5.91 Å². The number of rotatable bonds is 4. The van der Waals surface area contributed by atoms with Gasteiger partial charge < -0.3 is 5.32 Å². The summed E-state index contributed by atoms with van der Waals surface area (Å²) in [5, 5.41) is 2.83. The molecule has 2 heteroatoms. The van der Waals surface area contributed by atoms with E-state index in [0.717, 1.165) is 25.3 Å². The van der Waals surface area contributed by atoms with E-state index in [1.54, 1.807) is 0 Å². The van der Waals surface area contributed by atoms with Crippen LogP contribution in [0.4, 0.5) is 0 Å². The van der Waals surface area contributed by atoms with E-state index in [9.17, 15) is 4.79 Å². The van der Waals surface area contributed by atoms with E-state index >= 15 is 0 Å². The Hall–Kier alpha value is -0.530. The van der Waals surface area contributed by atoms with Crippen molar-refractivity contribution in [3.8, 4) is 0 Å².